The van der Waals surface area contributed by atoms with Crippen LogP contribution in [0, 0.1) is 12.3 Å². The van der Waals surface area contributed by atoms with Crippen molar-refractivity contribution in [2.24, 2.45) is 0 Å². The summed E-state index contributed by atoms with van der Waals surface area (Å²) in [5.41, 5.74) is 3.37. The maximum Gasteiger partial charge on any atom is 0.221 e. The summed E-state index contributed by atoms with van der Waals surface area (Å²) < 4.78 is 16.8. The smallest absolute Gasteiger partial charge is 0.221 e. The second-order valence-electron chi connectivity index (χ2n) is 5.97. The molecule has 0 unspecified atom stereocenters. The van der Waals surface area contributed by atoms with Crippen molar-refractivity contribution in [3.8, 4) is 17.2 Å². The summed E-state index contributed by atoms with van der Waals surface area (Å²) >= 11 is 5.70. The zero-order valence-electron chi connectivity index (χ0n) is 15.5. The molecule has 2 aromatic carbocycles. The third kappa shape index (κ3) is 4.11. The van der Waals surface area contributed by atoms with E-state index in [0.717, 1.165) is 16.6 Å². The first-order chi connectivity index (χ1) is 13.0. The van der Waals surface area contributed by atoms with Gasteiger partial charge < -0.3 is 24.5 Å². The summed E-state index contributed by atoms with van der Waals surface area (Å²) in [5, 5.41) is 12.5. The second-order valence-corrected chi connectivity index (χ2v) is 6.35. The van der Waals surface area contributed by atoms with Crippen molar-refractivity contribution in [2.75, 3.05) is 32.0 Å². The molecule has 1 heterocycles. The number of ether oxygens (including phenoxy) is 3. The van der Waals surface area contributed by atoms with Gasteiger partial charge in [0.05, 0.1) is 24.2 Å². The van der Waals surface area contributed by atoms with E-state index in [9.17, 15) is 0 Å². The number of alkyl halides is 1. The molecule has 3 N–H and O–H groups in total. The molecule has 0 aliphatic carbocycles. The van der Waals surface area contributed by atoms with Crippen LogP contribution in [-0.2, 0) is 0 Å². The molecule has 3 rings (SSSR count). The molecule has 0 aliphatic heterocycles. The van der Waals surface area contributed by atoms with Gasteiger partial charge in [0, 0.05) is 29.7 Å². The van der Waals surface area contributed by atoms with Gasteiger partial charge in [-0.05, 0) is 37.3 Å². The van der Waals surface area contributed by atoms with E-state index in [1.54, 1.807) is 26.3 Å². The highest BCUT2D eigenvalue weighted by atomic mass is 35.5. The summed E-state index contributed by atoms with van der Waals surface area (Å²) in [6.45, 7) is 2.37. The van der Waals surface area contributed by atoms with Crippen molar-refractivity contribution < 1.29 is 14.2 Å². The molecule has 0 amide bonds. The van der Waals surface area contributed by atoms with Crippen molar-refractivity contribution in [3.63, 3.8) is 0 Å². The number of H-pyrrole nitrogens is 1. The van der Waals surface area contributed by atoms with Crippen molar-refractivity contribution in [1.82, 2.24) is 4.98 Å². The largest absolute Gasteiger partial charge is 0.493 e. The highest BCUT2D eigenvalue weighted by Gasteiger charge is 2.16. The van der Waals surface area contributed by atoms with E-state index in [2.05, 4.69) is 10.3 Å². The van der Waals surface area contributed by atoms with Crippen LogP contribution < -0.4 is 19.5 Å². The summed E-state index contributed by atoms with van der Waals surface area (Å²) in [6, 6.07) is 11.2. The van der Waals surface area contributed by atoms with Gasteiger partial charge in [-0.2, -0.15) is 0 Å². The Labute approximate surface area is 162 Å². The van der Waals surface area contributed by atoms with Gasteiger partial charge in [0.15, 0.2) is 11.5 Å². The van der Waals surface area contributed by atoms with Gasteiger partial charge in [0.2, 0.25) is 5.90 Å². The number of hydrogen-bond donors (Lipinski definition) is 3. The van der Waals surface area contributed by atoms with Gasteiger partial charge in [-0.1, -0.05) is 0 Å². The van der Waals surface area contributed by atoms with Gasteiger partial charge >= 0.3 is 0 Å². The Morgan fingerprint density at radius 2 is 2.00 bits per heavy atom. The molecule has 0 spiro atoms. The number of anilines is 1. The molecule has 7 heteroatoms. The number of rotatable bonds is 7. The Morgan fingerprint density at radius 3 is 2.70 bits per heavy atom. The highest BCUT2D eigenvalue weighted by Crippen LogP contribution is 2.34. The second kappa shape index (κ2) is 8.22. The van der Waals surface area contributed by atoms with Crippen LogP contribution in [0.2, 0.25) is 0 Å². The predicted octanol–water partition coefficient (Wildman–Crippen LogP) is 4.55. The maximum absolute atomic E-state index is 8.42. The first-order valence-corrected chi connectivity index (χ1v) is 9.04. The lowest BCUT2D eigenvalue weighted by Crippen LogP contribution is -2.12. The van der Waals surface area contributed by atoms with Crippen LogP contribution in [0.3, 0.4) is 0 Å². The van der Waals surface area contributed by atoms with Crippen molar-refractivity contribution in [3.05, 3.63) is 47.7 Å². The molecular weight excluding hydrogens is 366 g/mol. The lowest BCUT2D eigenvalue weighted by molar-refractivity contribution is 0.313. The Balaban J connectivity index is 1.89. The van der Waals surface area contributed by atoms with Crippen molar-refractivity contribution in [2.45, 2.75) is 6.92 Å². The number of benzene rings is 2. The predicted molar refractivity (Wildman–Crippen MR) is 109 cm³/mol. The van der Waals surface area contributed by atoms with Gasteiger partial charge in [-0.3, -0.25) is 5.41 Å². The maximum atomic E-state index is 8.42. The third-order valence-corrected chi connectivity index (χ3v) is 4.25. The number of halogens is 1. The minimum Gasteiger partial charge on any atom is -0.493 e. The first kappa shape index (κ1) is 18.9. The average molecular weight is 388 g/mol. The first-order valence-electron chi connectivity index (χ1n) is 8.50. The SMILES string of the molecule is CNc1cc(OCCCl)c(OC)cc1C(=N)Oc1ccc2[nH]c(C)cc2c1. The zero-order valence-corrected chi connectivity index (χ0v) is 16.2. The van der Waals surface area contributed by atoms with E-state index >= 15 is 0 Å². The Hall–Kier alpha value is -2.86. The molecular formula is C20H22ClN3O3. The van der Waals surface area contributed by atoms with E-state index in [1.165, 1.54) is 0 Å². The van der Waals surface area contributed by atoms with Crippen molar-refractivity contribution in [1.29, 1.82) is 5.41 Å². The molecule has 0 saturated carbocycles. The molecule has 3 aromatic rings. The lowest BCUT2D eigenvalue weighted by atomic mass is 10.1. The number of aromatic nitrogens is 1. The monoisotopic (exact) mass is 387 g/mol. The van der Waals surface area contributed by atoms with Crippen LogP contribution in [-0.4, -0.2) is 37.5 Å². The normalized spacial score (nSPS) is 10.7. The molecule has 0 aliphatic rings. The standard InChI is InChI=1S/C20H22ClN3O3/c1-12-8-13-9-14(4-5-16(13)24-12)27-20(22)15-10-18(25-3)19(26-7-6-21)11-17(15)23-2/h4-5,8-11,22-24H,6-7H2,1-3H3. The van der Waals surface area contributed by atoms with E-state index in [0.29, 0.717) is 41.0 Å². The fourth-order valence-electron chi connectivity index (χ4n) is 2.87. The fourth-order valence-corrected chi connectivity index (χ4v) is 2.94. The summed E-state index contributed by atoms with van der Waals surface area (Å²) in [5.74, 6) is 2.05. The highest BCUT2D eigenvalue weighted by molar-refractivity contribution is 6.18. The molecule has 0 saturated heterocycles. The van der Waals surface area contributed by atoms with Gasteiger partial charge in [0.25, 0.3) is 0 Å². The van der Waals surface area contributed by atoms with Crippen LogP contribution in [0.1, 0.15) is 11.3 Å². The summed E-state index contributed by atoms with van der Waals surface area (Å²) in [6.07, 6.45) is 0. The molecule has 0 fully saturated rings. The molecule has 0 bridgehead atoms. The van der Waals surface area contributed by atoms with Crippen LogP contribution in [0.5, 0.6) is 17.2 Å². The van der Waals surface area contributed by atoms with E-state index in [1.807, 2.05) is 31.2 Å². The summed E-state index contributed by atoms with van der Waals surface area (Å²) in [7, 11) is 3.33. The summed E-state index contributed by atoms with van der Waals surface area (Å²) in [4.78, 5) is 3.27. The Bertz CT molecular complexity index is 969. The topological polar surface area (TPSA) is 79.4 Å². The van der Waals surface area contributed by atoms with Crippen LogP contribution >= 0.6 is 11.6 Å². The minimum absolute atomic E-state index is 0.00755. The van der Waals surface area contributed by atoms with Gasteiger partial charge in [-0.25, -0.2) is 0 Å². The van der Waals surface area contributed by atoms with Crippen LogP contribution in [0.25, 0.3) is 10.9 Å². The number of aryl methyl sites for hydroxylation is 1. The minimum atomic E-state index is 0.00755. The number of nitrogens with one attached hydrogen (secondary N) is 3. The number of aromatic amines is 1. The molecule has 1 aromatic heterocycles. The number of methoxy groups -OCH3 is 1. The number of hydrogen-bond acceptors (Lipinski definition) is 5. The van der Waals surface area contributed by atoms with E-state index in [4.69, 9.17) is 31.2 Å². The Kier molecular flexibility index (Phi) is 5.76. The fraction of sp³-hybridized carbons (Fsp3) is 0.250. The Morgan fingerprint density at radius 1 is 1.19 bits per heavy atom. The quantitative estimate of drug-likeness (QED) is 0.315. The molecule has 6 nitrogen and oxygen atoms in total. The van der Waals surface area contributed by atoms with Gasteiger partial charge in [-0.15, -0.1) is 11.6 Å². The van der Waals surface area contributed by atoms with Crippen LogP contribution in [0.15, 0.2) is 36.4 Å². The van der Waals surface area contributed by atoms with Gasteiger partial charge in [0.1, 0.15) is 12.4 Å². The molecule has 27 heavy (non-hydrogen) atoms. The molecule has 142 valence electrons. The lowest BCUT2D eigenvalue weighted by Gasteiger charge is -2.16. The molecule has 0 radical (unpaired) electrons. The third-order valence-electron chi connectivity index (χ3n) is 4.10. The van der Waals surface area contributed by atoms with Crippen molar-refractivity contribution >= 4 is 34.1 Å². The number of fused-ring (bicyclic) bond motifs is 1. The van der Waals surface area contributed by atoms with E-state index < -0.39 is 0 Å². The molecule has 0 atom stereocenters. The van der Waals surface area contributed by atoms with E-state index in [-0.39, 0.29) is 5.90 Å². The van der Waals surface area contributed by atoms with Crippen LogP contribution in [0.4, 0.5) is 5.69 Å². The zero-order chi connectivity index (χ0) is 19.4. The average Bonchev–Trinajstić information content (AvgIpc) is 3.04.